The summed E-state index contributed by atoms with van der Waals surface area (Å²) in [7, 11) is 1.57. The maximum absolute atomic E-state index is 12.0. The van der Waals surface area contributed by atoms with Gasteiger partial charge in [-0.05, 0) is 13.8 Å². The fourth-order valence-corrected chi connectivity index (χ4v) is 1.65. The highest BCUT2D eigenvalue weighted by Gasteiger charge is 2.43. The summed E-state index contributed by atoms with van der Waals surface area (Å²) < 4.78 is 4.84. The third-order valence-corrected chi connectivity index (χ3v) is 2.85. The smallest absolute Gasteiger partial charge is 0.252 e. The lowest BCUT2D eigenvalue weighted by molar-refractivity contribution is -0.155. The predicted molar refractivity (Wildman–Crippen MR) is 63.7 cm³/mol. The van der Waals surface area contributed by atoms with Crippen molar-refractivity contribution in [3.05, 3.63) is 0 Å². The van der Waals surface area contributed by atoms with Crippen molar-refractivity contribution in [1.29, 1.82) is 0 Å². The molecule has 1 fully saturated rings. The molecule has 0 unspecified atom stereocenters. The van der Waals surface area contributed by atoms with Crippen LogP contribution in [-0.4, -0.2) is 61.5 Å². The maximum atomic E-state index is 12.0. The zero-order valence-corrected chi connectivity index (χ0v) is 10.9. The van der Waals surface area contributed by atoms with Crippen LogP contribution in [0.4, 0.5) is 0 Å². The summed E-state index contributed by atoms with van der Waals surface area (Å²) in [6.07, 6.45) is 0. The number of methoxy groups -OCH3 is 1. The Morgan fingerprint density at radius 2 is 2.17 bits per heavy atom. The van der Waals surface area contributed by atoms with Crippen LogP contribution in [0, 0.1) is 0 Å². The van der Waals surface area contributed by atoms with E-state index in [9.17, 15) is 14.4 Å². The normalized spacial score (nSPS) is 18.7. The number of hydrogen-bond donors (Lipinski definition) is 2. The van der Waals surface area contributed by atoms with Crippen LogP contribution in [0.5, 0.6) is 0 Å². The lowest BCUT2D eigenvalue weighted by Crippen LogP contribution is -2.66. The van der Waals surface area contributed by atoms with E-state index in [4.69, 9.17) is 4.74 Å². The zero-order valence-electron chi connectivity index (χ0n) is 10.9. The van der Waals surface area contributed by atoms with E-state index < -0.39 is 17.4 Å². The Balaban J connectivity index is 2.59. The minimum Gasteiger partial charge on any atom is -0.383 e. The van der Waals surface area contributed by atoms with Gasteiger partial charge in [-0.2, -0.15) is 0 Å². The molecule has 0 atom stereocenters. The lowest BCUT2D eigenvalue weighted by atomic mass is 9.98. The molecule has 1 saturated heterocycles. The average molecular weight is 257 g/mol. The number of carbonyl (C=O) groups is 3. The van der Waals surface area contributed by atoms with Crippen molar-refractivity contribution in [2.45, 2.75) is 19.4 Å². The van der Waals surface area contributed by atoms with Gasteiger partial charge >= 0.3 is 0 Å². The second-order valence-corrected chi connectivity index (χ2v) is 4.59. The number of carbonyl (C=O) groups excluding carboxylic acids is 3. The topological polar surface area (TPSA) is 87.7 Å². The van der Waals surface area contributed by atoms with Gasteiger partial charge in [0.05, 0.1) is 13.2 Å². The highest BCUT2D eigenvalue weighted by atomic mass is 16.5. The van der Waals surface area contributed by atoms with Gasteiger partial charge < -0.3 is 15.0 Å². The molecule has 0 aromatic rings. The molecule has 0 aromatic heterocycles. The molecule has 7 heteroatoms. The van der Waals surface area contributed by atoms with Crippen LogP contribution >= 0.6 is 0 Å². The average Bonchev–Trinajstić information content (AvgIpc) is 2.29. The lowest BCUT2D eigenvalue weighted by Gasteiger charge is -2.40. The number of amides is 3. The van der Waals surface area contributed by atoms with Crippen molar-refractivity contribution in [2.24, 2.45) is 0 Å². The molecule has 0 saturated carbocycles. The molecule has 7 nitrogen and oxygen atoms in total. The molecule has 2 N–H and O–H groups in total. The van der Waals surface area contributed by atoms with Gasteiger partial charge in [0, 0.05) is 13.7 Å². The maximum Gasteiger partial charge on any atom is 0.252 e. The molecular weight excluding hydrogens is 238 g/mol. The molecular formula is C11H19N3O4. The highest BCUT2D eigenvalue weighted by Crippen LogP contribution is 2.17. The molecule has 1 rings (SSSR count). The van der Waals surface area contributed by atoms with Crippen LogP contribution in [0.15, 0.2) is 0 Å². The minimum absolute atomic E-state index is 0.0767. The van der Waals surface area contributed by atoms with Crippen molar-refractivity contribution in [3.8, 4) is 0 Å². The van der Waals surface area contributed by atoms with E-state index in [0.717, 1.165) is 0 Å². The summed E-state index contributed by atoms with van der Waals surface area (Å²) in [6.45, 7) is 4.24. The third kappa shape index (κ3) is 3.27. The number of rotatable bonds is 5. The van der Waals surface area contributed by atoms with Gasteiger partial charge in [-0.25, -0.2) is 0 Å². The third-order valence-electron chi connectivity index (χ3n) is 2.85. The number of hydrogen-bond acceptors (Lipinski definition) is 5. The van der Waals surface area contributed by atoms with Crippen LogP contribution in [0.3, 0.4) is 0 Å². The summed E-state index contributed by atoms with van der Waals surface area (Å²) >= 11 is 0. The Bertz CT molecular complexity index is 354. The molecule has 0 bridgehead atoms. The van der Waals surface area contributed by atoms with Crippen molar-refractivity contribution >= 4 is 17.7 Å². The number of ether oxygens (including phenoxy) is 1. The SMILES string of the molecule is COCCNCC(=O)N1CC(=O)NC(=O)C1(C)C. The Morgan fingerprint density at radius 3 is 2.78 bits per heavy atom. The van der Waals surface area contributed by atoms with Crippen molar-refractivity contribution in [2.75, 3.05) is 33.4 Å². The molecule has 0 radical (unpaired) electrons. The van der Waals surface area contributed by atoms with Gasteiger partial charge in [0.1, 0.15) is 12.1 Å². The van der Waals surface area contributed by atoms with Crippen LogP contribution < -0.4 is 10.6 Å². The van der Waals surface area contributed by atoms with Gasteiger partial charge in [0.25, 0.3) is 5.91 Å². The molecule has 18 heavy (non-hydrogen) atoms. The molecule has 1 aliphatic rings. The number of piperazine rings is 1. The van der Waals surface area contributed by atoms with E-state index >= 15 is 0 Å². The number of imide groups is 1. The molecule has 0 spiro atoms. The Morgan fingerprint density at radius 1 is 1.50 bits per heavy atom. The van der Waals surface area contributed by atoms with E-state index in [1.807, 2.05) is 0 Å². The first kappa shape index (κ1) is 14.6. The zero-order chi connectivity index (χ0) is 13.8. The number of nitrogens with zero attached hydrogens (tertiary/aromatic N) is 1. The Hall–Kier alpha value is -1.47. The van der Waals surface area contributed by atoms with Crippen LogP contribution in [-0.2, 0) is 19.1 Å². The van der Waals surface area contributed by atoms with Gasteiger partial charge in [-0.3, -0.25) is 19.7 Å². The van der Waals surface area contributed by atoms with Crippen molar-refractivity contribution in [3.63, 3.8) is 0 Å². The summed E-state index contributed by atoms with van der Waals surface area (Å²) in [6, 6.07) is 0. The van der Waals surface area contributed by atoms with E-state index in [1.54, 1.807) is 21.0 Å². The van der Waals surface area contributed by atoms with Crippen LogP contribution in [0.25, 0.3) is 0 Å². The van der Waals surface area contributed by atoms with Crippen LogP contribution in [0.1, 0.15) is 13.8 Å². The second kappa shape index (κ2) is 5.92. The first-order chi connectivity index (χ1) is 8.39. The van der Waals surface area contributed by atoms with Gasteiger partial charge in [-0.15, -0.1) is 0 Å². The molecule has 102 valence electrons. The molecule has 0 aromatic carbocycles. The molecule has 1 aliphatic heterocycles. The minimum atomic E-state index is -1.01. The fraction of sp³-hybridized carbons (Fsp3) is 0.727. The van der Waals surface area contributed by atoms with Gasteiger partial charge in [0.15, 0.2) is 0 Å². The molecule has 3 amide bonds. The van der Waals surface area contributed by atoms with E-state index in [0.29, 0.717) is 13.2 Å². The highest BCUT2D eigenvalue weighted by molar-refractivity contribution is 6.06. The van der Waals surface area contributed by atoms with Crippen LogP contribution in [0.2, 0.25) is 0 Å². The summed E-state index contributed by atoms with van der Waals surface area (Å²) in [4.78, 5) is 36.2. The summed E-state index contributed by atoms with van der Waals surface area (Å²) in [5, 5.41) is 5.11. The first-order valence-corrected chi connectivity index (χ1v) is 5.74. The second-order valence-electron chi connectivity index (χ2n) is 4.59. The van der Waals surface area contributed by atoms with E-state index in [2.05, 4.69) is 10.6 Å². The molecule has 0 aliphatic carbocycles. The standard InChI is InChI=1S/C11H19N3O4/c1-11(2)10(17)13-8(15)7-14(11)9(16)6-12-4-5-18-3/h12H,4-7H2,1-3H3,(H,13,15,17). The number of nitrogens with one attached hydrogen (secondary N) is 2. The Kier molecular flexibility index (Phi) is 4.80. The predicted octanol–water partition coefficient (Wildman–Crippen LogP) is -1.51. The van der Waals surface area contributed by atoms with Crippen molar-refractivity contribution in [1.82, 2.24) is 15.5 Å². The van der Waals surface area contributed by atoms with E-state index in [-0.39, 0.29) is 19.0 Å². The summed E-state index contributed by atoms with van der Waals surface area (Å²) in [5.74, 6) is -1.19. The monoisotopic (exact) mass is 257 g/mol. The van der Waals surface area contributed by atoms with Gasteiger partial charge in [0.2, 0.25) is 11.8 Å². The Labute approximate surface area is 106 Å². The van der Waals surface area contributed by atoms with Gasteiger partial charge in [-0.1, -0.05) is 0 Å². The van der Waals surface area contributed by atoms with E-state index in [1.165, 1.54) is 4.90 Å². The summed E-state index contributed by atoms with van der Waals surface area (Å²) in [5.41, 5.74) is -1.01. The molecule has 1 heterocycles. The fourth-order valence-electron chi connectivity index (χ4n) is 1.65. The van der Waals surface area contributed by atoms with Crippen molar-refractivity contribution < 1.29 is 19.1 Å². The first-order valence-electron chi connectivity index (χ1n) is 5.74. The quantitative estimate of drug-likeness (QED) is 0.461. The largest absolute Gasteiger partial charge is 0.383 e.